The highest BCUT2D eigenvalue weighted by Crippen LogP contribution is 2.33. The molecular formula is C14H24N2O3. The molecule has 2 unspecified atom stereocenters. The smallest absolute Gasteiger partial charge is 0.329 e. The topological polar surface area (TPSA) is 78.4 Å². The predicted molar refractivity (Wildman–Crippen MR) is 71.7 cm³/mol. The summed E-state index contributed by atoms with van der Waals surface area (Å²) in [4.78, 5) is 23.9. The lowest BCUT2D eigenvalue weighted by Gasteiger charge is -2.38. The lowest BCUT2D eigenvalue weighted by molar-refractivity contribution is -0.150. The van der Waals surface area contributed by atoms with Gasteiger partial charge in [0.2, 0.25) is 5.91 Å². The number of carbonyl (C=O) groups is 2. The quantitative estimate of drug-likeness (QED) is 0.717. The number of carbonyl (C=O) groups excluding carboxylic acids is 1. The molecular weight excluding hydrogens is 244 g/mol. The van der Waals surface area contributed by atoms with Crippen LogP contribution in [0.5, 0.6) is 0 Å². The minimum absolute atomic E-state index is 0.0327. The molecule has 5 heteroatoms. The molecule has 1 heterocycles. The fraction of sp³-hybridized carbons (Fsp3) is 0.857. The molecule has 2 atom stereocenters. The Labute approximate surface area is 114 Å². The average molecular weight is 268 g/mol. The molecule has 1 amide bonds. The van der Waals surface area contributed by atoms with Crippen LogP contribution in [0.4, 0.5) is 0 Å². The molecule has 0 bridgehead atoms. The van der Waals surface area contributed by atoms with Crippen molar-refractivity contribution in [1.82, 2.24) is 10.6 Å². The monoisotopic (exact) mass is 268 g/mol. The Balaban J connectivity index is 2.03. The highest BCUT2D eigenvalue weighted by Gasteiger charge is 2.44. The summed E-state index contributed by atoms with van der Waals surface area (Å²) < 4.78 is 0. The molecule has 1 saturated heterocycles. The van der Waals surface area contributed by atoms with E-state index >= 15 is 0 Å². The van der Waals surface area contributed by atoms with E-state index in [2.05, 4.69) is 17.6 Å². The van der Waals surface area contributed by atoms with Gasteiger partial charge in [0.05, 0.1) is 0 Å². The lowest BCUT2D eigenvalue weighted by Crippen LogP contribution is -2.58. The minimum atomic E-state index is -1.03. The third-order valence-electron chi connectivity index (χ3n) is 4.48. The third kappa shape index (κ3) is 3.26. The highest BCUT2D eigenvalue weighted by molar-refractivity contribution is 5.88. The number of nitrogens with one attached hydrogen (secondary N) is 2. The van der Waals surface area contributed by atoms with Crippen molar-refractivity contribution < 1.29 is 14.7 Å². The van der Waals surface area contributed by atoms with Gasteiger partial charge in [-0.25, -0.2) is 4.79 Å². The van der Waals surface area contributed by atoms with Crippen molar-refractivity contribution in [3.8, 4) is 0 Å². The van der Waals surface area contributed by atoms with E-state index in [0.29, 0.717) is 18.8 Å². The molecule has 0 aromatic carbocycles. The van der Waals surface area contributed by atoms with E-state index in [1.54, 1.807) is 0 Å². The zero-order valence-corrected chi connectivity index (χ0v) is 11.6. The molecule has 1 aliphatic heterocycles. The maximum atomic E-state index is 12.3. The summed E-state index contributed by atoms with van der Waals surface area (Å²) in [5, 5.41) is 15.6. The summed E-state index contributed by atoms with van der Waals surface area (Å²) in [5.41, 5.74) is -1.03. The Bertz CT molecular complexity index is 353. The molecule has 0 aromatic heterocycles. The van der Waals surface area contributed by atoms with Crippen molar-refractivity contribution in [1.29, 1.82) is 0 Å². The normalized spacial score (nSPS) is 32.8. The summed E-state index contributed by atoms with van der Waals surface area (Å²) in [6.07, 6.45) is 4.65. The Morgan fingerprint density at radius 1 is 1.26 bits per heavy atom. The molecule has 108 valence electrons. The van der Waals surface area contributed by atoms with Crippen molar-refractivity contribution in [3.63, 3.8) is 0 Å². The summed E-state index contributed by atoms with van der Waals surface area (Å²) in [5.74, 6) is -0.618. The number of aliphatic carboxylic acids is 1. The zero-order valence-electron chi connectivity index (χ0n) is 11.6. The van der Waals surface area contributed by atoms with E-state index in [9.17, 15) is 14.7 Å². The van der Waals surface area contributed by atoms with Gasteiger partial charge in [0.1, 0.15) is 5.54 Å². The van der Waals surface area contributed by atoms with E-state index in [-0.39, 0.29) is 11.8 Å². The SMILES string of the molecule is CC1CCCC(NC(=O)C2CCNCC2)(C(=O)O)C1. The van der Waals surface area contributed by atoms with Gasteiger partial charge in [-0.3, -0.25) is 4.79 Å². The Kier molecular flexibility index (Phi) is 4.45. The van der Waals surface area contributed by atoms with Crippen LogP contribution in [0.3, 0.4) is 0 Å². The van der Waals surface area contributed by atoms with Crippen LogP contribution >= 0.6 is 0 Å². The molecule has 0 spiro atoms. The molecule has 5 nitrogen and oxygen atoms in total. The number of amides is 1. The first-order valence-corrected chi connectivity index (χ1v) is 7.30. The molecule has 0 aromatic rings. The summed E-state index contributed by atoms with van der Waals surface area (Å²) >= 11 is 0. The average Bonchev–Trinajstić information content (AvgIpc) is 2.39. The first-order chi connectivity index (χ1) is 9.03. The van der Waals surface area contributed by atoms with E-state index < -0.39 is 11.5 Å². The molecule has 1 saturated carbocycles. The summed E-state index contributed by atoms with van der Waals surface area (Å²) in [6.45, 7) is 3.75. The number of hydrogen-bond acceptors (Lipinski definition) is 3. The number of rotatable bonds is 3. The third-order valence-corrected chi connectivity index (χ3v) is 4.48. The molecule has 2 aliphatic rings. The van der Waals surface area contributed by atoms with E-state index in [1.807, 2.05) is 0 Å². The van der Waals surface area contributed by atoms with Crippen molar-refractivity contribution in [2.75, 3.05) is 13.1 Å². The first kappa shape index (κ1) is 14.3. The van der Waals surface area contributed by atoms with Gasteiger partial charge in [-0.15, -0.1) is 0 Å². The van der Waals surface area contributed by atoms with Crippen LogP contribution < -0.4 is 10.6 Å². The molecule has 2 fully saturated rings. The lowest BCUT2D eigenvalue weighted by atomic mass is 9.76. The number of carboxylic acid groups (broad SMARTS) is 1. The predicted octanol–water partition coefficient (Wildman–Crippen LogP) is 1.14. The Morgan fingerprint density at radius 3 is 2.53 bits per heavy atom. The van der Waals surface area contributed by atoms with Gasteiger partial charge < -0.3 is 15.7 Å². The molecule has 2 rings (SSSR count). The standard InChI is InChI=1S/C14H24N2O3/c1-10-3-2-6-14(9-10,13(18)19)16-12(17)11-4-7-15-8-5-11/h10-11,15H,2-9H2,1H3,(H,16,17)(H,18,19). The Morgan fingerprint density at radius 2 is 1.95 bits per heavy atom. The minimum Gasteiger partial charge on any atom is -0.480 e. The van der Waals surface area contributed by atoms with Crippen molar-refractivity contribution in [3.05, 3.63) is 0 Å². The fourth-order valence-electron chi connectivity index (χ4n) is 3.33. The Hall–Kier alpha value is -1.10. The maximum absolute atomic E-state index is 12.3. The molecule has 1 aliphatic carbocycles. The second-order valence-electron chi connectivity index (χ2n) is 6.10. The van der Waals surface area contributed by atoms with Crippen LogP contribution in [-0.4, -0.2) is 35.6 Å². The van der Waals surface area contributed by atoms with Crippen LogP contribution in [0.25, 0.3) is 0 Å². The highest BCUT2D eigenvalue weighted by atomic mass is 16.4. The summed E-state index contributed by atoms with van der Waals surface area (Å²) in [7, 11) is 0. The van der Waals surface area contributed by atoms with Gasteiger partial charge in [-0.1, -0.05) is 19.8 Å². The van der Waals surface area contributed by atoms with E-state index in [1.165, 1.54) is 0 Å². The van der Waals surface area contributed by atoms with Gasteiger partial charge in [-0.2, -0.15) is 0 Å². The summed E-state index contributed by atoms with van der Waals surface area (Å²) in [6, 6.07) is 0. The molecule has 0 radical (unpaired) electrons. The largest absolute Gasteiger partial charge is 0.480 e. The van der Waals surface area contributed by atoms with Gasteiger partial charge in [0.25, 0.3) is 0 Å². The van der Waals surface area contributed by atoms with Gasteiger partial charge in [0.15, 0.2) is 0 Å². The number of carboxylic acids is 1. The fourth-order valence-corrected chi connectivity index (χ4v) is 3.33. The zero-order chi connectivity index (χ0) is 13.9. The van der Waals surface area contributed by atoms with Crippen LogP contribution in [0.15, 0.2) is 0 Å². The number of piperidine rings is 1. The van der Waals surface area contributed by atoms with Crippen molar-refractivity contribution >= 4 is 11.9 Å². The maximum Gasteiger partial charge on any atom is 0.329 e. The van der Waals surface area contributed by atoms with E-state index in [4.69, 9.17) is 0 Å². The van der Waals surface area contributed by atoms with Gasteiger partial charge >= 0.3 is 5.97 Å². The first-order valence-electron chi connectivity index (χ1n) is 7.30. The van der Waals surface area contributed by atoms with Gasteiger partial charge in [0, 0.05) is 5.92 Å². The van der Waals surface area contributed by atoms with Crippen molar-refractivity contribution in [2.24, 2.45) is 11.8 Å². The second kappa shape index (κ2) is 5.90. The molecule has 19 heavy (non-hydrogen) atoms. The van der Waals surface area contributed by atoms with Gasteiger partial charge in [-0.05, 0) is 44.7 Å². The van der Waals surface area contributed by atoms with Crippen molar-refractivity contribution in [2.45, 2.75) is 51.0 Å². The van der Waals surface area contributed by atoms with Crippen LogP contribution in [0.1, 0.15) is 45.4 Å². The second-order valence-corrected chi connectivity index (χ2v) is 6.10. The number of hydrogen-bond donors (Lipinski definition) is 3. The van der Waals surface area contributed by atoms with Crippen LogP contribution in [0, 0.1) is 11.8 Å². The van der Waals surface area contributed by atoms with Crippen LogP contribution in [0.2, 0.25) is 0 Å². The van der Waals surface area contributed by atoms with E-state index in [0.717, 1.165) is 38.8 Å². The van der Waals surface area contributed by atoms with Crippen LogP contribution in [-0.2, 0) is 9.59 Å². The molecule has 3 N–H and O–H groups in total.